The van der Waals surface area contributed by atoms with Crippen LogP contribution in [0.15, 0.2) is 88.7 Å². The molecule has 3 atom stereocenters. The highest BCUT2D eigenvalue weighted by atomic mass is 32.2. The minimum absolute atomic E-state index is 0.194. The first-order chi connectivity index (χ1) is 17.2. The van der Waals surface area contributed by atoms with Gasteiger partial charge in [-0.25, -0.2) is 20.8 Å². The van der Waals surface area contributed by atoms with E-state index in [9.17, 15) is 16.8 Å². The van der Waals surface area contributed by atoms with Gasteiger partial charge in [-0.2, -0.15) is 0 Å². The third-order valence-electron chi connectivity index (χ3n) is 7.77. The van der Waals surface area contributed by atoms with Crippen LogP contribution in [0.1, 0.15) is 40.8 Å². The molecule has 2 aliphatic rings. The van der Waals surface area contributed by atoms with Crippen LogP contribution in [-0.4, -0.2) is 45.3 Å². The molecule has 1 fully saturated rings. The Labute approximate surface area is 212 Å². The molecule has 2 heterocycles. The lowest BCUT2D eigenvalue weighted by Crippen LogP contribution is -2.44. The Kier molecular flexibility index (Phi) is 5.41. The van der Waals surface area contributed by atoms with E-state index in [-0.39, 0.29) is 21.8 Å². The van der Waals surface area contributed by atoms with E-state index < -0.39 is 25.1 Å². The Balaban J connectivity index is 1.69. The van der Waals surface area contributed by atoms with Gasteiger partial charge < -0.3 is 4.90 Å². The van der Waals surface area contributed by atoms with E-state index in [0.717, 1.165) is 24.9 Å². The van der Waals surface area contributed by atoms with Gasteiger partial charge in [-0.1, -0.05) is 54.1 Å². The molecule has 0 saturated carbocycles. The van der Waals surface area contributed by atoms with Crippen molar-refractivity contribution >= 4 is 30.8 Å². The number of likely N-dealkylation sites (tertiary alicyclic amines) is 1. The Morgan fingerprint density at radius 2 is 1.47 bits per heavy atom. The molecule has 0 radical (unpaired) electrons. The molecule has 4 aromatic rings. The zero-order chi connectivity index (χ0) is 25.2. The van der Waals surface area contributed by atoms with E-state index in [1.54, 1.807) is 48.5 Å². The average molecular weight is 521 g/mol. The van der Waals surface area contributed by atoms with Crippen molar-refractivity contribution < 1.29 is 16.8 Å². The highest BCUT2D eigenvalue weighted by Crippen LogP contribution is 2.56. The first kappa shape index (κ1) is 23.5. The summed E-state index contributed by atoms with van der Waals surface area (Å²) in [7, 11) is -5.80. The first-order valence-corrected chi connectivity index (χ1v) is 15.2. The maximum absolute atomic E-state index is 14.3. The number of nitrogens with zero attached hydrogens (tertiary/aromatic N) is 2. The second-order valence-electron chi connectivity index (χ2n) is 9.90. The SMILES string of the molecule is Cc1ccc(S(=O)(=O)[C@@H]2c3c(n(S(=O)(=O)c4ccccc4)c4ccccc34)[C@@H]3CCCN(C)[C@H]23)cc1. The third kappa shape index (κ3) is 3.31. The van der Waals surface area contributed by atoms with Crippen LogP contribution in [0.2, 0.25) is 0 Å². The van der Waals surface area contributed by atoms with Crippen LogP contribution in [0, 0.1) is 6.92 Å². The van der Waals surface area contributed by atoms with Crippen molar-refractivity contribution in [1.29, 1.82) is 0 Å². The fourth-order valence-corrected chi connectivity index (χ4v) is 9.93. The van der Waals surface area contributed by atoms with Crippen LogP contribution in [0.3, 0.4) is 0 Å². The molecule has 3 aromatic carbocycles. The highest BCUT2D eigenvalue weighted by Gasteiger charge is 2.54. The van der Waals surface area contributed by atoms with Crippen molar-refractivity contribution in [2.75, 3.05) is 13.6 Å². The Hall–Kier alpha value is -2.94. The fraction of sp³-hybridized carbons (Fsp3) is 0.286. The van der Waals surface area contributed by atoms with Crippen molar-refractivity contribution in [3.05, 3.63) is 95.7 Å². The number of aryl methyl sites for hydroxylation is 1. The van der Waals surface area contributed by atoms with Gasteiger partial charge in [0, 0.05) is 28.6 Å². The van der Waals surface area contributed by atoms with Crippen molar-refractivity contribution in [1.82, 2.24) is 8.87 Å². The van der Waals surface area contributed by atoms with E-state index >= 15 is 0 Å². The zero-order valence-electron chi connectivity index (χ0n) is 20.2. The second kappa shape index (κ2) is 8.30. The molecule has 1 aliphatic carbocycles. The van der Waals surface area contributed by atoms with Gasteiger partial charge in [-0.3, -0.25) is 0 Å². The van der Waals surface area contributed by atoms with Gasteiger partial charge in [-0.05, 0) is 63.7 Å². The molecular weight excluding hydrogens is 492 g/mol. The number of sulfone groups is 1. The maximum atomic E-state index is 14.3. The number of likely N-dealkylation sites (N-methyl/N-ethyl adjacent to an activating group) is 1. The summed E-state index contributed by atoms with van der Waals surface area (Å²) in [6.07, 6.45) is 1.61. The maximum Gasteiger partial charge on any atom is 0.268 e. The van der Waals surface area contributed by atoms with Crippen LogP contribution in [-0.2, 0) is 19.9 Å². The molecule has 186 valence electrons. The van der Waals surface area contributed by atoms with Gasteiger partial charge in [0.1, 0.15) is 5.25 Å². The summed E-state index contributed by atoms with van der Waals surface area (Å²) >= 11 is 0. The first-order valence-electron chi connectivity index (χ1n) is 12.2. The third-order valence-corrected chi connectivity index (χ3v) is 11.6. The largest absolute Gasteiger partial charge is 0.301 e. The molecule has 0 bridgehead atoms. The van der Waals surface area contributed by atoms with Gasteiger partial charge in [0.2, 0.25) is 0 Å². The number of hydrogen-bond donors (Lipinski definition) is 0. The van der Waals surface area contributed by atoms with Crippen LogP contribution >= 0.6 is 0 Å². The number of fused-ring (bicyclic) bond motifs is 5. The molecule has 6 rings (SSSR count). The summed E-state index contributed by atoms with van der Waals surface area (Å²) in [5, 5.41) is -0.168. The van der Waals surface area contributed by atoms with Crippen LogP contribution in [0.25, 0.3) is 10.9 Å². The molecular formula is C28H28N2O4S2. The minimum Gasteiger partial charge on any atom is -0.301 e. The number of piperidine rings is 1. The molecule has 6 nitrogen and oxygen atoms in total. The van der Waals surface area contributed by atoms with Crippen molar-refractivity contribution in [3.63, 3.8) is 0 Å². The lowest BCUT2D eigenvalue weighted by atomic mass is 9.91. The molecule has 1 saturated heterocycles. The van der Waals surface area contributed by atoms with Gasteiger partial charge in [0.15, 0.2) is 9.84 Å². The number of aromatic nitrogens is 1. The predicted octanol–water partition coefficient (Wildman–Crippen LogP) is 4.89. The Morgan fingerprint density at radius 1 is 0.806 bits per heavy atom. The summed E-state index contributed by atoms with van der Waals surface area (Å²) in [6.45, 7) is 2.70. The number of rotatable bonds is 4. The topological polar surface area (TPSA) is 76.5 Å². The molecule has 36 heavy (non-hydrogen) atoms. The quantitative estimate of drug-likeness (QED) is 0.383. The molecule has 0 spiro atoms. The standard InChI is InChI=1S/C28H28N2O4S2/c1-19-14-16-20(17-15-19)35(31,32)28-25-22-11-6-7-13-24(22)30(36(33,34)21-9-4-3-5-10-21)26(25)23-12-8-18-29(2)27(23)28/h3-7,9-11,13-17,23,27-28H,8,12,18H2,1-2H3/t23-,27-,28+/m0/s1. The molecule has 0 N–H and O–H groups in total. The lowest BCUT2D eigenvalue weighted by Gasteiger charge is -2.38. The van der Waals surface area contributed by atoms with Crippen molar-refractivity contribution in [3.8, 4) is 0 Å². The summed E-state index contributed by atoms with van der Waals surface area (Å²) in [6, 6.07) is 22.3. The monoisotopic (exact) mass is 520 g/mol. The average Bonchev–Trinajstić information content (AvgIpc) is 3.39. The van der Waals surface area contributed by atoms with E-state index in [1.807, 2.05) is 44.3 Å². The van der Waals surface area contributed by atoms with Gasteiger partial charge in [0.05, 0.1) is 15.3 Å². The highest BCUT2D eigenvalue weighted by molar-refractivity contribution is 7.92. The molecule has 0 amide bonds. The molecule has 0 unspecified atom stereocenters. The Bertz CT molecular complexity index is 1670. The normalized spacial score (nSPS) is 22.4. The number of hydrogen-bond acceptors (Lipinski definition) is 5. The van der Waals surface area contributed by atoms with Crippen molar-refractivity contribution in [2.45, 2.75) is 46.8 Å². The van der Waals surface area contributed by atoms with E-state index in [1.165, 1.54) is 3.97 Å². The number of benzene rings is 3. The van der Waals surface area contributed by atoms with Crippen LogP contribution < -0.4 is 0 Å². The predicted molar refractivity (Wildman–Crippen MR) is 140 cm³/mol. The van der Waals surface area contributed by atoms with E-state index in [2.05, 4.69) is 4.90 Å². The Morgan fingerprint density at radius 3 is 2.19 bits per heavy atom. The van der Waals surface area contributed by atoms with Crippen LogP contribution in [0.5, 0.6) is 0 Å². The van der Waals surface area contributed by atoms with E-state index in [4.69, 9.17) is 0 Å². The van der Waals surface area contributed by atoms with Gasteiger partial charge >= 0.3 is 0 Å². The van der Waals surface area contributed by atoms with Crippen molar-refractivity contribution in [2.24, 2.45) is 0 Å². The summed E-state index contributed by atoms with van der Waals surface area (Å²) in [4.78, 5) is 2.57. The number of para-hydroxylation sites is 1. The molecule has 8 heteroatoms. The zero-order valence-corrected chi connectivity index (χ0v) is 21.8. The fourth-order valence-electron chi connectivity index (χ4n) is 6.17. The van der Waals surface area contributed by atoms with Gasteiger partial charge in [0.25, 0.3) is 10.0 Å². The molecule has 1 aromatic heterocycles. The van der Waals surface area contributed by atoms with Crippen LogP contribution in [0.4, 0.5) is 0 Å². The smallest absolute Gasteiger partial charge is 0.268 e. The molecule has 1 aliphatic heterocycles. The lowest BCUT2D eigenvalue weighted by molar-refractivity contribution is 0.165. The minimum atomic E-state index is -3.95. The van der Waals surface area contributed by atoms with E-state index in [0.29, 0.717) is 22.2 Å². The van der Waals surface area contributed by atoms with Gasteiger partial charge in [-0.15, -0.1) is 0 Å². The summed E-state index contributed by atoms with van der Waals surface area (Å²) in [5.74, 6) is -0.213. The second-order valence-corrected chi connectivity index (χ2v) is 13.8. The summed E-state index contributed by atoms with van der Waals surface area (Å²) in [5.41, 5.74) is 2.77. The summed E-state index contributed by atoms with van der Waals surface area (Å²) < 4.78 is 58.2.